The lowest BCUT2D eigenvalue weighted by Gasteiger charge is -2.45. The number of aliphatic hydroxyl groups is 7. The van der Waals surface area contributed by atoms with Crippen molar-refractivity contribution in [1.29, 1.82) is 0 Å². The summed E-state index contributed by atoms with van der Waals surface area (Å²) in [5, 5.41) is 70.5. The summed E-state index contributed by atoms with van der Waals surface area (Å²) < 4.78 is 22.2. The molecule has 7 N–H and O–H groups in total. The topological polar surface area (TPSA) is 179 Å². The van der Waals surface area contributed by atoms with Crippen LogP contribution < -0.4 is 0 Å². The van der Waals surface area contributed by atoms with Crippen LogP contribution in [0.15, 0.2) is 0 Å². The van der Waals surface area contributed by atoms with Gasteiger partial charge in [0.05, 0.1) is 13.2 Å². The molecule has 2 fully saturated rings. The van der Waals surface area contributed by atoms with E-state index >= 15 is 0 Å². The summed E-state index contributed by atoms with van der Waals surface area (Å²) in [6, 6.07) is 0. The molecule has 0 aliphatic carbocycles. The van der Waals surface area contributed by atoms with Crippen LogP contribution in [0.3, 0.4) is 0 Å². The minimum atomic E-state index is -1.69. The fourth-order valence-electron chi connectivity index (χ4n) is 5.54. The summed E-state index contributed by atoms with van der Waals surface area (Å²) in [6.07, 6.45) is 5.82. The summed E-state index contributed by atoms with van der Waals surface area (Å²) >= 11 is 0. The van der Waals surface area contributed by atoms with E-state index < -0.39 is 74.6 Å². The highest BCUT2D eigenvalue weighted by Gasteiger charge is 2.50. The van der Waals surface area contributed by atoms with Crippen LogP contribution in [-0.2, 0) is 18.9 Å². The summed E-state index contributed by atoms with van der Waals surface area (Å²) in [5.74, 6) is 0. The van der Waals surface area contributed by atoms with Crippen molar-refractivity contribution in [1.82, 2.24) is 0 Å². The molecule has 11 nitrogen and oxygen atoms in total. The van der Waals surface area contributed by atoms with E-state index in [0.717, 1.165) is 19.3 Å². The van der Waals surface area contributed by atoms with E-state index in [0.29, 0.717) is 6.61 Å². The minimum Gasteiger partial charge on any atom is -0.394 e. The Morgan fingerprint density at radius 1 is 0.488 bits per heavy atom. The summed E-state index contributed by atoms with van der Waals surface area (Å²) in [7, 11) is 0. The molecule has 0 spiro atoms. The van der Waals surface area contributed by atoms with E-state index in [4.69, 9.17) is 18.9 Å². The van der Waals surface area contributed by atoms with Crippen molar-refractivity contribution in [3.05, 3.63) is 0 Å². The Hall–Kier alpha value is -0.440. The lowest BCUT2D eigenvalue weighted by molar-refractivity contribution is -0.359. The summed E-state index contributed by atoms with van der Waals surface area (Å²) in [5.41, 5.74) is 0. The second-order valence-corrected chi connectivity index (χ2v) is 11.7. The molecule has 10 atom stereocenters. The standard InChI is InChI=1S/C30H58O11/c1-2-3-4-5-6-7-8-9-10-11-12-13-14-15-16-17-18-38-29-27(37)25(35)28(22(20-32)40-29)41-30-26(36)24(34)23(33)21(19-31)39-30/h21-37H,2-20H2,1H3/t21-,22-,23-,24+,25-,26-,27-,28-,29?,30+/m1/s1. The van der Waals surface area contributed by atoms with Crippen LogP contribution in [0, 0.1) is 0 Å². The van der Waals surface area contributed by atoms with E-state index in [2.05, 4.69) is 6.92 Å². The van der Waals surface area contributed by atoms with E-state index in [1.165, 1.54) is 83.5 Å². The van der Waals surface area contributed by atoms with Crippen molar-refractivity contribution in [3.63, 3.8) is 0 Å². The Morgan fingerprint density at radius 2 is 0.927 bits per heavy atom. The minimum absolute atomic E-state index is 0.323. The Balaban J connectivity index is 1.56. The van der Waals surface area contributed by atoms with Crippen LogP contribution in [0.5, 0.6) is 0 Å². The molecular formula is C30H58O11. The molecule has 0 aromatic heterocycles. The molecule has 0 saturated carbocycles. The van der Waals surface area contributed by atoms with Gasteiger partial charge < -0.3 is 54.7 Å². The van der Waals surface area contributed by atoms with Crippen LogP contribution in [0.25, 0.3) is 0 Å². The number of unbranched alkanes of at least 4 members (excludes halogenated alkanes) is 15. The number of hydrogen-bond acceptors (Lipinski definition) is 11. The van der Waals surface area contributed by atoms with Crippen molar-refractivity contribution >= 4 is 0 Å². The fourth-order valence-corrected chi connectivity index (χ4v) is 5.54. The average molecular weight is 595 g/mol. The van der Waals surface area contributed by atoms with Gasteiger partial charge in [-0.15, -0.1) is 0 Å². The maximum absolute atomic E-state index is 10.7. The molecule has 1 unspecified atom stereocenters. The monoisotopic (exact) mass is 594 g/mol. The van der Waals surface area contributed by atoms with Gasteiger partial charge >= 0.3 is 0 Å². The van der Waals surface area contributed by atoms with Crippen molar-refractivity contribution < 1.29 is 54.7 Å². The van der Waals surface area contributed by atoms with Crippen LogP contribution in [0.2, 0.25) is 0 Å². The fraction of sp³-hybridized carbons (Fsp3) is 1.00. The zero-order valence-corrected chi connectivity index (χ0v) is 25.0. The third-order valence-electron chi connectivity index (χ3n) is 8.24. The molecule has 0 aromatic rings. The smallest absolute Gasteiger partial charge is 0.187 e. The molecule has 2 aliphatic rings. The van der Waals surface area contributed by atoms with Crippen LogP contribution in [0.4, 0.5) is 0 Å². The van der Waals surface area contributed by atoms with Crippen LogP contribution in [0.1, 0.15) is 110 Å². The summed E-state index contributed by atoms with van der Waals surface area (Å²) in [4.78, 5) is 0. The Bertz CT molecular complexity index is 638. The first-order valence-electron chi connectivity index (χ1n) is 16.1. The third kappa shape index (κ3) is 12.6. The van der Waals surface area contributed by atoms with Crippen molar-refractivity contribution in [3.8, 4) is 0 Å². The van der Waals surface area contributed by atoms with Gasteiger partial charge in [-0.05, 0) is 6.42 Å². The Morgan fingerprint density at radius 3 is 1.41 bits per heavy atom. The first kappa shape index (κ1) is 36.8. The molecular weight excluding hydrogens is 536 g/mol. The number of hydrogen-bond donors (Lipinski definition) is 7. The lowest BCUT2D eigenvalue weighted by atomic mass is 9.97. The number of aliphatic hydroxyl groups excluding tert-OH is 7. The van der Waals surface area contributed by atoms with Crippen LogP contribution >= 0.6 is 0 Å². The normalized spacial score (nSPS) is 34.2. The lowest BCUT2D eigenvalue weighted by Crippen LogP contribution is -2.64. The average Bonchev–Trinajstić information content (AvgIpc) is 2.98. The molecule has 0 amide bonds. The van der Waals surface area contributed by atoms with Gasteiger partial charge in [0.1, 0.15) is 48.8 Å². The highest BCUT2D eigenvalue weighted by molar-refractivity contribution is 4.94. The van der Waals surface area contributed by atoms with Gasteiger partial charge in [-0.1, -0.05) is 103 Å². The van der Waals surface area contributed by atoms with E-state index in [9.17, 15) is 35.7 Å². The summed E-state index contributed by atoms with van der Waals surface area (Å²) in [6.45, 7) is 1.35. The molecule has 41 heavy (non-hydrogen) atoms. The third-order valence-corrected chi connectivity index (χ3v) is 8.24. The molecule has 2 rings (SSSR count). The molecule has 0 radical (unpaired) electrons. The van der Waals surface area contributed by atoms with Crippen molar-refractivity contribution in [2.45, 2.75) is 171 Å². The number of ether oxygens (including phenoxy) is 4. The van der Waals surface area contributed by atoms with Gasteiger partial charge in [0.15, 0.2) is 12.6 Å². The second kappa shape index (κ2) is 21.3. The quantitative estimate of drug-likeness (QED) is 0.0910. The molecule has 0 aromatic carbocycles. The maximum atomic E-state index is 10.7. The first-order chi connectivity index (χ1) is 19.8. The predicted octanol–water partition coefficient (Wildman–Crippen LogP) is 1.89. The molecule has 2 saturated heterocycles. The maximum Gasteiger partial charge on any atom is 0.187 e. The van der Waals surface area contributed by atoms with Gasteiger partial charge in [0.2, 0.25) is 0 Å². The van der Waals surface area contributed by atoms with Crippen molar-refractivity contribution in [2.24, 2.45) is 0 Å². The second-order valence-electron chi connectivity index (χ2n) is 11.7. The van der Waals surface area contributed by atoms with Gasteiger partial charge in [-0.25, -0.2) is 0 Å². The largest absolute Gasteiger partial charge is 0.394 e. The zero-order valence-electron chi connectivity index (χ0n) is 25.0. The van der Waals surface area contributed by atoms with E-state index in [-0.39, 0.29) is 0 Å². The van der Waals surface area contributed by atoms with Gasteiger partial charge in [-0.3, -0.25) is 0 Å². The highest BCUT2D eigenvalue weighted by atomic mass is 16.7. The molecule has 244 valence electrons. The molecule has 2 aliphatic heterocycles. The Labute approximate surface area is 245 Å². The highest BCUT2D eigenvalue weighted by Crippen LogP contribution is 2.29. The molecule has 11 heteroatoms. The van der Waals surface area contributed by atoms with Gasteiger partial charge in [0, 0.05) is 6.61 Å². The van der Waals surface area contributed by atoms with Gasteiger partial charge in [-0.2, -0.15) is 0 Å². The van der Waals surface area contributed by atoms with E-state index in [1.54, 1.807) is 0 Å². The van der Waals surface area contributed by atoms with Crippen LogP contribution in [-0.4, -0.2) is 117 Å². The van der Waals surface area contributed by atoms with Gasteiger partial charge in [0.25, 0.3) is 0 Å². The number of rotatable bonds is 22. The SMILES string of the molecule is CCCCCCCCCCCCCCCCCCOC1O[C@H](CO)[C@@H](O[C@@H]2O[C@H](CO)[C@@H](O)[C@H](O)[C@H]2O)[C@H](O)[C@H]1O. The van der Waals surface area contributed by atoms with E-state index in [1.807, 2.05) is 0 Å². The molecule has 0 bridgehead atoms. The first-order valence-corrected chi connectivity index (χ1v) is 16.1. The Kier molecular flexibility index (Phi) is 19.1. The van der Waals surface area contributed by atoms with Crippen molar-refractivity contribution in [2.75, 3.05) is 19.8 Å². The predicted molar refractivity (Wildman–Crippen MR) is 152 cm³/mol. The zero-order chi connectivity index (χ0) is 30.0. The molecule has 2 heterocycles.